The minimum absolute atomic E-state index is 0.257. The molecule has 0 radical (unpaired) electrons. The van der Waals surface area contributed by atoms with Crippen LogP contribution >= 0.6 is 0 Å². The Labute approximate surface area is 57.1 Å². The van der Waals surface area contributed by atoms with Crippen LogP contribution in [0, 0.1) is 5.92 Å². The van der Waals surface area contributed by atoms with Crippen molar-refractivity contribution in [3.63, 3.8) is 0 Å². The van der Waals surface area contributed by atoms with Crippen molar-refractivity contribution < 1.29 is 5.11 Å². The first-order valence-corrected chi connectivity index (χ1v) is 3.49. The molecule has 0 aliphatic carbocycles. The highest BCUT2D eigenvalue weighted by Crippen LogP contribution is 2.18. The molecule has 0 aliphatic rings. The van der Waals surface area contributed by atoms with Gasteiger partial charge in [-0.05, 0) is 12.3 Å². The molecule has 0 spiro atoms. The highest BCUT2D eigenvalue weighted by Gasteiger charge is 2.26. The summed E-state index contributed by atoms with van der Waals surface area (Å²) < 4.78 is 0. The number of hydrogen-bond acceptors (Lipinski definition) is 2. The largest absolute Gasteiger partial charge is 0.388 e. The Bertz CT molecular complexity index is 77.0. The highest BCUT2D eigenvalue weighted by molar-refractivity contribution is 4.80. The second kappa shape index (κ2) is 3.18. The molecule has 2 heteroatoms. The van der Waals surface area contributed by atoms with E-state index in [9.17, 15) is 5.11 Å². The van der Waals surface area contributed by atoms with Crippen LogP contribution in [-0.4, -0.2) is 17.3 Å². The number of aliphatic hydroxyl groups is 1. The molecule has 0 saturated heterocycles. The van der Waals surface area contributed by atoms with Crippen LogP contribution < -0.4 is 5.73 Å². The zero-order valence-corrected chi connectivity index (χ0v) is 6.52. The normalized spacial score (nSPS) is 18.0. The quantitative estimate of drug-likeness (QED) is 0.593. The molecular weight excluding hydrogens is 114 g/mol. The summed E-state index contributed by atoms with van der Waals surface area (Å²) in [6, 6.07) is 0. The standard InChI is InChI=1S/C7H17NO/c1-4-7(9,5-8)6(2)3/h6,9H,4-5,8H2,1-3H3. The molecule has 1 atom stereocenters. The van der Waals surface area contributed by atoms with Gasteiger partial charge in [-0.25, -0.2) is 0 Å². The molecule has 0 aromatic carbocycles. The van der Waals surface area contributed by atoms with E-state index in [1.165, 1.54) is 0 Å². The maximum absolute atomic E-state index is 9.58. The van der Waals surface area contributed by atoms with Gasteiger partial charge in [-0.3, -0.25) is 0 Å². The zero-order chi connectivity index (χ0) is 7.49. The van der Waals surface area contributed by atoms with E-state index < -0.39 is 5.60 Å². The molecule has 9 heavy (non-hydrogen) atoms. The monoisotopic (exact) mass is 131 g/mol. The molecule has 0 bridgehead atoms. The Morgan fingerprint density at radius 2 is 2.00 bits per heavy atom. The molecule has 0 fully saturated rings. The van der Waals surface area contributed by atoms with Crippen LogP contribution in [-0.2, 0) is 0 Å². The van der Waals surface area contributed by atoms with Gasteiger partial charge in [0.15, 0.2) is 0 Å². The molecule has 3 N–H and O–H groups in total. The molecule has 0 aliphatic heterocycles. The van der Waals surface area contributed by atoms with Gasteiger partial charge in [0.25, 0.3) is 0 Å². The average Bonchev–Trinajstić information content (AvgIpc) is 1.86. The number of hydrogen-bond donors (Lipinski definition) is 2. The highest BCUT2D eigenvalue weighted by atomic mass is 16.3. The average molecular weight is 131 g/mol. The summed E-state index contributed by atoms with van der Waals surface area (Å²) in [7, 11) is 0. The van der Waals surface area contributed by atoms with Gasteiger partial charge in [-0.15, -0.1) is 0 Å². The van der Waals surface area contributed by atoms with Gasteiger partial charge in [0, 0.05) is 6.54 Å². The third-order valence-corrected chi connectivity index (χ3v) is 2.04. The van der Waals surface area contributed by atoms with E-state index in [0.29, 0.717) is 6.54 Å². The first kappa shape index (κ1) is 8.92. The van der Waals surface area contributed by atoms with Crippen LogP contribution in [0.15, 0.2) is 0 Å². The molecule has 1 unspecified atom stereocenters. The molecule has 0 aromatic heterocycles. The van der Waals surface area contributed by atoms with E-state index in [0.717, 1.165) is 6.42 Å². The van der Waals surface area contributed by atoms with Gasteiger partial charge in [-0.2, -0.15) is 0 Å². The van der Waals surface area contributed by atoms with Crippen molar-refractivity contribution in [1.29, 1.82) is 0 Å². The summed E-state index contributed by atoms with van der Waals surface area (Å²) in [4.78, 5) is 0. The van der Waals surface area contributed by atoms with Gasteiger partial charge in [0.1, 0.15) is 0 Å². The van der Waals surface area contributed by atoms with E-state index in [1.54, 1.807) is 0 Å². The number of nitrogens with two attached hydrogens (primary N) is 1. The van der Waals surface area contributed by atoms with Crippen LogP contribution in [0.3, 0.4) is 0 Å². The van der Waals surface area contributed by atoms with Gasteiger partial charge >= 0.3 is 0 Å². The van der Waals surface area contributed by atoms with Crippen molar-refractivity contribution in [1.82, 2.24) is 0 Å². The summed E-state index contributed by atoms with van der Waals surface area (Å²) in [5.74, 6) is 0.257. The van der Waals surface area contributed by atoms with Crippen LogP contribution in [0.25, 0.3) is 0 Å². The summed E-state index contributed by atoms with van der Waals surface area (Å²) >= 11 is 0. The van der Waals surface area contributed by atoms with E-state index in [2.05, 4.69) is 0 Å². The third-order valence-electron chi connectivity index (χ3n) is 2.04. The van der Waals surface area contributed by atoms with E-state index in [1.807, 2.05) is 20.8 Å². The lowest BCUT2D eigenvalue weighted by Gasteiger charge is -2.28. The molecule has 0 aromatic rings. The van der Waals surface area contributed by atoms with Gasteiger partial charge in [0.05, 0.1) is 5.60 Å². The van der Waals surface area contributed by atoms with E-state index in [-0.39, 0.29) is 5.92 Å². The second-order valence-electron chi connectivity index (χ2n) is 2.82. The van der Waals surface area contributed by atoms with Crippen molar-refractivity contribution in [2.75, 3.05) is 6.54 Å². The SMILES string of the molecule is CCC(O)(CN)C(C)C. The van der Waals surface area contributed by atoms with Crippen molar-refractivity contribution >= 4 is 0 Å². The Hall–Kier alpha value is -0.0800. The van der Waals surface area contributed by atoms with Gasteiger partial charge in [-0.1, -0.05) is 20.8 Å². The first-order chi connectivity index (χ1) is 4.06. The molecular formula is C7H17NO. The van der Waals surface area contributed by atoms with Gasteiger partial charge < -0.3 is 10.8 Å². The maximum atomic E-state index is 9.58. The predicted octanol–water partition coefficient (Wildman–Crippen LogP) is 0.742. The van der Waals surface area contributed by atoms with E-state index >= 15 is 0 Å². The van der Waals surface area contributed by atoms with Crippen LogP contribution in [0.2, 0.25) is 0 Å². The fourth-order valence-electron chi connectivity index (χ4n) is 0.788. The van der Waals surface area contributed by atoms with Crippen LogP contribution in [0.1, 0.15) is 27.2 Å². The smallest absolute Gasteiger partial charge is 0.0789 e. The fourth-order valence-corrected chi connectivity index (χ4v) is 0.788. The first-order valence-electron chi connectivity index (χ1n) is 3.49. The third kappa shape index (κ3) is 1.95. The lowest BCUT2D eigenvalue weighted by molar-refractivity contribution is 0.000195. The minimum atomic E-state index is -0.639. The van der Waals surface area contributed by atoms with Crippen molar-refractivity contribution in [3.05, 3.63) is 0 Å². The Kier molecular flexibility index (Phi) is 3.15. The Balaban J connectivity index is 3.92. The Morgan fingerprint density at radius 3 is 2.00 bits per heavy atom. The number of rotatable bonds is 3. The molecule has 0 saturated carbocycles. The molecule has 0 heterocycles. The lowest BCUT2D eigenvalue weighted by atomic mass is 9.88. The summed E-state index contributed by atoms with van der Waals surface area (Å²) in [5.41, 5.74) is 4.73. The zero-order valence-electron chi connectivity index (χ0n) is 6.52. The second-order valence-corrected chi connectivity index (χ2v) is 2.82. The lowest BCUT2D eigenvalue weighted by Crippen LogP contribution is -2.41. The predicted molar refractivity (Wildman–Crippen MR) is 39.1 cm³/mol. The summed E-state index contributed by atoms with van der Waals surface area (Å²) in [5, 5.41) is 9.58. The molecule has 0 amide bonds. The minimum Gasteiger partial charge on any atom is -0.388 e. The topological polar surface area (TPSA) is 46.2 Å². The van der Waals surface area contributed by atoms with E-state index in [4.69, 9.17) is 5.73 Å². The van der Waals surface area contributed by atoms with Crippen molar-refractivity contribution in [3.8, 4) is 0 Å². The molecule has 2 nitrogen and oxygen atoms in total. The fraction of sp³-hybridized carbons (Fsp3) is 1.00. The van der Waals surface area contributed by atoms with Crippen molar-refractivity contribution in [2.45, 2.75) is 32.8 Å². The van der Waals surface area contributed by atoms with Crippen LogP contribution in [0.4, 0.5) is 0 Å². The Morgan fingerprint density at radius 1 is 1.56 bits per heavy atom. The van der Waals surface area contributed by atoms with Crippen LogP contribution in [0.5, 0.6) is 0 Å². The summed E-state index contributed by atoms with van der Waals surface area (Å²) in [6.45, 7) is 6.28. The molecule has 56 valence electrons. The molecule has 0 rings (SSSR count). The summed E-state index contributed by atoms with van der Waals surface area (Å²) in [6.07, 6.45) is 0.737. The van der Waals surface area contributed by atoms with Crippen molar-refractivity contribution in [2.24, 2.45) is 11.7 Å². The maximum Gasteiger partial charge on any atom is 0.0789 e. The van der Waals surface area contributed by atoms with Gasteiger partial charge in [0.2, 0.25) is 0 Å².